The number of halogens is 3. The molecule has 6 heteroatoms. The second-order valence-electron chi connectivity index (χ2n) is 6.31. The minimum atomic E-state index is -4.79. The third-order valence-electron chi connectivity index (χ3n) is 5.03. The average Bonchev–Trinajstić information content (AvgIpc) is 2.77. The van der Waals surface area contributed by atoms with Gasteiger partial charge in [0.2, 0.25) is 0 Å². The molecular formula is C16H17BF3NO. The van der Waals surface area contributed by atoms with Crippen LogP contribution in [-0.2, 0) is 17.6 Å². The van der Waals surface area contributed by atoms with Crippen LogP contribution in [0.3, 0.4) is 0 Å². The zero-order valence-electron chi connectivity index (χ0n) is 12.2. The van der Waals surface area contributed by atoms with Crippen molar-refractivity contribution in [3.63, 3.8) is 0 Å². The van der Waals surface area contributed by atoms with Crippen molar-refractivity contribution < 1.29 is 18.0 Å². The topological polar surface area (TPSA) is 20.3 Å². The van der Waals surface area contributed by atoms with Crippen LogP contribution < -0.4 is 5.46 Å². The van der Waals surface area contributed by atoms with Crippen molar-refractivity contribution in [1.82, 2.24) is 4.90 Å². The third-order valence-corrected chi connectivity index (χ3v) is 5.03. The van der Waals surface area contributed by atoms with Crippen LogP contribution in [0.1, 0.15) is 36.8 Å². The first-order chi connectivity index (χ1) is 10.3. The van der Waals surface area contributed by atoms with E-state index in [1.54, 1.807) is 0 Å². The number of benzene rings is 1. The summed E-state index contributed by atoms with van der Waals surface area (Å²) in [6.07, 6.45) is -0.976. The van der Waals surface area contributed by atoms with Crippen LogP contribution in [0.4, 0.5) is 13.2 Å². The predicted molar refractivity (Wildman–Crippen MR) is 78.2 cm³/mol. The molecule has 0 bridgehead atoms. The van der Waals surface area contributed by atoms with Crippen LogP contribution in [0.25, 0.3) is 0 Å². The van der Waals surface area contributed by atoms with Gasteiger partial charge in [0, 0.05) is 12.1 Å². The highest BCUT2D eigenvalue weighted by Gasteiger charge is 2.52. The fourth-order valence-corrected chi connectivity index (χ4v) is 3.91. The number of carbonyl (C=O) groups is 1. The summed E-state index contributed by atoms with van der Waals surface area (Å²) in [7, 11) is 5.80. The van der Waals surface area contributed by atoms with Gasteiger partial charge < -0.3 is 4.90 Å². The fraction of sp³-hybridized carbons (Fsp3) is 0.562. The summed E-state index contributed by atoms with van der Waals surface area (Å²) >= 11 is 0. The minimum absolute atomic E-state index is 0.205. The quantitative estimate of drug-likeness (QED) is 0.674. The first-order valence-corrected chi connectivity index (χ1v) is 7.58. The first kappa shape index (κ1) is 15.4. The van der Waals surface area contributed by atoms with Crippen LogP contribution in [0, 0.1) is 0 Å². The molecule has 0 aromatic heterocycles. The summed E-state index contributed by atoms with van der Waals surface area (Å²) < 4.78 is 38.5. The lowest BCUT2D eigenvalue weighted by Gasteiger charge is -2.38. The summed E-state index contributed by atoms with van der Waals surface area (Å²) in [5.41, 5.74) is 2.25. The molecule has 2 aliphatic rings. The van der Waals surface area contributed by atoms with Gasteiger partial charge in [0.25, 0.3) is 0 Å². The molecule has 1 unspecified atom stereocenters. The van der Waals surface area contributed by atoms with Gasteiger partial charge in [0.15, 0.2) is 0 Å². The van der Waals surface area contributed by atoms with Crippen LogP contribution in [0.15, 0.2) is 18.2 Å². The Labute approximate surface area is 129 Å². The molecule has 0 N–H and O–H groups in total. The Kier molecular flexibility index (Phi) is 3.73. The van der Waals surface area contributed by atoms with Crippen molar-refractivity contribution in [3.05, 3.63) is 29.3 Å². The van der Waals surface area contributed by atoms with Gasteiger partial charge in [-0.25, -0.2) is 0 Å². The van der Waals surface area contributed by atoms with Crippen molar-refractivity contribution in [2.75, 3.05) is 6.54 Å². The van der Waals surface area contributed by atoms with Crippen molar-refractivity contribution >= 4 is 19.2 Å². The van der Waals surface area contributed by atoms with E-state index in [1.807, 2.05) is 18.2 Å². The van der Waals surface area contributed by atoms with E-state index in [0.29, 0.717) is 44.0 Å². The minimum Gasteiger partial charge on any atom is -0.329 e. The van der Waals surface area contributed by atoms with Crippen molar-refractivity contribution in [1.29, 1.82) is 0 Å². The second kappa shape index (κ2) is 5.32. The molecular weight excluding hydrogens is 290 g/mol. The standard InChI is InChI=1S/C16H17BF3NO/c17-13-3-2-11-4-7-15(8-5-12(11)10-13)6-1-9-21(15)14(22)16(18,19)20/h2-3,10H,1,4-9H2. The molecule has 116 valence electrons. The largest absolute Gasteiger partial charge is 0.471 e. The number of nitrogens with zero attached hydrogens (tertiary/aromatic N) is 1. The number of aryl methyl sites for hydroxylation is 2. The number of rotatable bonds is 0. The maximum Gasteiger partial charge on any atom is 0.471 e. The Bertz CT molecular complexity index is 602. The molecule has 2 radical (unpaired) electrons. The van der Waals surface area contributed by atoms with E-state index in [2.05, 4.69) is 0 Å². The maximum atomic E-state index is 12.8. The number of alkyl halides is 3. The molecule has 3 rings (SSSR count). The average molecular weight is 307 g/mol. The molecule has 1 fully saturated rings. The van der Waals surface area contributed by atoms with Crippen LogP contribution in [0.2, 0.25) is 0 Å². The van der Waals surface area contributed by atoms with E-state index in [4.69, 9.17) is 7.85 Å². The van der Waals surface area contributed by atoms with Crippen molar-refractivity contribution in [3.8, 4) is 0 Å². The van der Waals surface area contributed by atoms with Crippen LogP contribution in [0.5, 0.6) is 0 Å². The van der Waals surface area contributed by atoms with Gasteiger partial charge in [-0.3, -0.25) is 4.79 Å². The van der Waals surface area contributed by atoms with E-state index in [1.165, 1.54) is 0 Å². The van der Waals surface area contributed by atoms with Crippen LogP contribution in [-0.4, -0.2) is 36.9 Å². The van der Waals surface area contributed by atoms with Gasteiger partial charge in [-0.1, -0.05) is 23.7 Å². The van der Waals surface area contributed by atoms with Gasteiger partial charge in [0.1, 0.15) is 7.85 Å². The maximum absolute atomic E-state index is 12.8. The molecule has 1 aromatic rings. The highest BCUT2D eigenvalue weighted by Crippen LogP contribution is 2.41. The number of likely N-dealkylation sites (tertiary alicyclic amines) is 1. The molecule has 1 saturated heterocycles. The summed E-state index contributed by atoms with van der Waals surface area (Å²) in [6, 6.07) is 5.68. The number of carbonyl (C=O) groups excluding carboxylic acids is 1. The zero-order valence-corrected chi connectivity index (χ0v) is 12.2. The molecule has 0 saturated carbocycles. The molecule has 1 aliphatic carbocycles. The highest BCUT2D eigenvalue weighted by molar-refractivity contribution is 6.32. The van der Waals surface area contributed by atoms with E-state index >= 15 is 0 Å². The number of hydrogen-bond donors (Lipinski definition) is 0. The Morgan fingerprint density at radius 2 is 1.82 bits per heavy atom. The summed E-state index contributed by atoms with van der Waals surface area (Å²) in [5.74, 6) is -1.68. The SMILES string of the molecule is [B]c1ccc2c(c1)CCC1(CCCN1C(=O)C(F)(F)F)CC2. The Morgan fingerprint density at radius 3 is 2.50 bits per heavy atom. The first-order valence-electron chi connectivity index (χ1n) is 7.58. The van der Waals surface area contributed by atoms with Gasteiger partial charge in [-0.15, -0.1) is 0 Å². The second-order valence-corrected chi connectivity index (χ2v) is 6.31. The Balaban J connectivity index is 1.87. The zero-order chi connectivity index (χ0) is 16.0. The van der Waals surface area contributed by atoms with E-state index in [-0.39, 0.29) is 6.54 Å². The lowest BCUT2D eigenvalue weighted by Crippen LogP contribution is -2.52. The number of fused-ring (bicyclic) bond motifs is 1. The van der Waals surface area contributed by atoms with Crippen molar-refractivity contribution in [2.45, 2.75) is 50.2 Å². The molecule has 1 heterocycles. The Morgan fingerprint density at radius 1 is 1.14 bits per heavy atom. The predicted octanol–water partition coefficient (Wildman–Crippen LogP) is 2.28. The molecule has 2 nitrogen and oxygen atoms in total. The number of amides is 1. The molecule has 1 atom stereocenters. The van der Waals surface area contributed by atoms with Gasteiger partial charge in [-0.2, -0.15) is 13.2 Å². The van der Waals surface area contributed by atoms with E-state index in [9.17, 15) is 18.0 Å². The highest BCUT2D eigenvalue weighted by atomic mass is 19.4. The molecule has 1 spiro atoms. The number of hydrogen-bond acceptors (Lipinski definition) is 1. The summed E-state index contributed by atoms with van der Waals surface area (Å²) in [5, 5.41) is 0. The van der Waals surface area contributed by atoms with Gasteiger partial charge in [-0.05, 0) is 49.7 Å². The van der Waals surface area contributed by atoms with Crippen LogP contribution >= 0.6 is 0 Å². The molecule has 1 aromatic carbocycles. The smallest absolute Gasteiger partial charge is 0.329 e. The lowest BCUT2D eigenvalue weighted by molar-refractivity contribution is -0.190. The van der Waals surface area contributed by atoms with Crippen molar-refractivity contribution in [2.24, 2.45) is 0 Å². The van der Waals surface area contributed by atoms with E-state index in [0.717, 1.165) is 16.0 Å². The summed E-state index contributed by atoms with van der Waals surface area (Å²) in [4.78, 5) is 12.8. The Hall–Kier alpha value is -1.46. The molecule has 1 aliphatic heterocycles. The van der Waals surface area contributed by atoms with Gasteiger partial charge in [0.05, 0.1) is 0 Å². The molecule has 1 amide bonds. The fourth-order valence-electron chi connectivity index (χ4n) is 3.91. The third kappa shape index (κ3) is 2.64. The molecule has 22 heavy (non-hydrogen) atoms. The lowest BCUT2D eigenvalue weighted by atomic mass is 9.86. The normalized spacial score (nSPS) is 25.1. The summed E-state index contributed by atoms with van der Waals surface area (Å²) in [6.45, 7) is 0.205. The monoisotopic (exact) mass is 307 g/mol. The van der Waals surface area contributed by atoms with Gasteiger partial charge >= 0.3 is 12.1 Å². The van der Waals surface area contributed by atoms with E-state index < -0.39 is 17.6 Å².